The molecule has 0 saturated carbocycles. The lowest BCUT2D eigenvalue weighted by Crippen LogP contribution is -2.33. The Morgan fingerprint density at radius 2 is 1.62 bits per heavy atom. The molecule has 0 aliphatic carbocycles. The molecule has 0 radical (unpaired) electrons. The number of benzene rings is 3. The number of aromatic nitrogens is 2. The minimum atomic E-state index is -0.302. The Kier molecular flexibility index (Phi) is 6.18. The van der Waals surface area contributed by atoms with Crippen molar-refractivity contribution in [3.8, 4) is 34.3 Å². The average Bonchev–Trinajstić information content (AvgIpc) is 2.86. The molecule has 34 heavy (non-hydrogen) atoms. The van der Waals surface area contributed by atoms with Crippen LogP contribution in [0.3, 0.4) is 0 Å². The lowest BCUT2D eigenvalue weighted by Gasteiger charge is -2.26. The third-order valence-electron chi connectivity index (χ3n) is 6.22. The van der Waals surface area contributed by atoms with Crippen molar-refractivity contribution in [2.45, 2.75) is 19.3 Å². The second kappa shape index (κ2) is 9.57. The Morgan fingerprint density at radius 1 is 0.882 bits per heavy atom. The third-order valence-corrected chi connectivity index (χ3v) is 6.22. The zero-order valence-electron chi connectivity index (χ0n) is 18.9. The Balaban J connectivity index is 1.48. The van der Waals surface area contributed by atoms with Crippen LogP contribution in [0.5, 0.6) is 17.2 Å². The third kappa shape index (κ3) is 4.47. The van der Waals surface area contributed by atoms with Crippen LogP contribution in [0.4, 0.5) is 0 Å². The van der Waals surface area contributed by atoms with Crippen molar-refractivity contribution < 1.29 is 14.9 Å². The minimum absolute atomic E-state index is 0.0497. The number of rotatable bonds is 6. The zero-order chi connectivity index (χ0) is 23.5. The Morgan fingerprint density at radius 3 is 2.35 bits per heavy atom. The second-order valence-electron chi connectivity index (χ2n) is 8.54. The second-order valence-corrected chi connectivity index (χ2v) is 8.54. The van der Waals surface area contributed by atoms with Crippen molar-refractivity contribution in [1.29, 1.82) is 0 Å². The van der Waals surface area contributed by atoms with Crippen LogP contribution in [0.2, 0.25) is 0 Å². The first kappa shape index (κ1) is 22.0. The van der Waals surface area contributed by atoms with Gasteiger partial charge in [0.15, 0.2) is 0 Å². The molecule has 0 unspecified atom stereocenters. The number of likely N-dealkylation sites (tertiary alicyclic amines) is 1. The SMILES string of the molecule is O=c1c2cccc(O)c2nc(-c2ccc(OCCN3CCCCC3)cc2)n1-c1ccc(O)cc1. The van der Waals surface area contributed by atoms with Crippen LogP contribution in [0, 0.1) is 0 Å². The van der Waals surface area contributed by atoms with Gasteiger partial charge in [-0.1, -0.05) is 12.5 Å². The number of ether oxygens (including phenoxy) is 1. The average molecular weight is 458 g/mol. The number of phenols is 2. The van der Waals surface area contributed by atoms with Crippen LogP contribution in [0.25, 0.3) is 28.0 Å². The van der Waals surface area contributed by atoms with Gasteiger partial charge < -0.3 is 14.9 Å². The molecular weight excluding hydrogens is 430 g/mol. The van der Waals surface area contributed by atoms with Gasteiger partial charge in [0.05, 0.1) is 11.1 Å². The highest BCUT2D eigenvalue weighted by Gasteiger charge is 2.17. The molecule has 0 spiro atoms. The van der Waals surface area contributed by atoms with E-state index in [0.717, 1.165) is 25.4 Å². The van der Waals surface area contributed by atoms with E-state index in [-0.39, 0.29) is 22.6 Å². The molecule has 1 saturated heterocycles. The molecule has 4 aromatic rings. The summed E-state index contributed by atoms with van der Waals surface area (Å²) in [6.07, 6.45) is 3.83. The van der Waals surface area contributed by atoms with Crippen molar-refractivity contribution in [2.24, 2.45) is 0 Å². The van der Waals surface area contributed by atoms with E-state index in [1.165, 1.54) is 42.0 Å². The maximum Gasteiger partial charge on any atom is 0.266 e. The standard InChI is InChI=1S/C27H27N3O4/c31-21-11-9-20(10-12-21)30-26(28-25-23(27(30)33)5-4-6-24(25)32)19-7-13-22(14-8-19)34-18-17-29-15-2-1-3-16-29/h4-14,31-32H,1-3,15-18H2. The van der Waals surface area contributed by atoms with Gasteiger partial charge in [-0.2, -0.15) is 0 Å². The number of hydrogen-bond acceptors (Lipinski definition) is 6. The Labute approximate surface area is 197 Å². The summed E-state index contributed by atoms with van der Waals surface area (Å²) < 4.78 is 7.44. The fraction of sp³-hybridized carbons (Fsp3) is 0.259. The first-order chi connectivity index (χ1) is 16.6. The van der Waals surface area contributed by atoms with E-state index < -0.39 is 0 Å². The lowest BCUT2D eigenvalue weighted by atomic mass is 10.1. The van der Waals surface area contributed by atoms with Crippen molar-refractivity contribution in [3.05, 3.63) is 77.1 Å². The summed E-state index contributed by atoms with van der Waals surface area (Å²) in [4.78, 5) is 20.5. The molecule has 5 rings (SSSR count). The molecule has 7 nitrogen and oxygen atoms in total. The van der Waals surface area contributed by atoms with E-state index in [0.29, 0.717) is 29.1 Å². The quantitative estimate of drug-likeness (QED) is 0.448. The van der Waals surface area contributed by atoms with Crippen LogP contribution >= 0.6 is 0 Å². The van der Waals surface area contributed by atoms with Crippen molar-refractivity contribution in [3.63, 3.8) is 0 Å². The predicted octanol–water partition coefficient (Wildman–Crippen LogP) is 4.33. The molecule has 1 fully saturated rings. The van der Waals surface area contributed by atoms with Gasteiger partial charge in [-0.05, 0) is 86.6 Å². The monoisotopic (exact) mass is 457 g/mol. The van der Waals surface area contributed by atoms with Gasteiger partial charge in [0.1, 0.15) is 35.2 Å². The summed E-state index contributed by atoms with van der Waals surface area (Å²) in [6, 6.07) is 18.6. The topological polar surface area (TPSA) is 87.8 Å². The summed E-state index contributed by atoms with van der Waals surface area (Å²) in [7, 11) is 0. The van der Waals surface area contributed by atoms with Crippen molar-refractivity contribution in [1.82, 2.24) is 14.5 Å². The predicted molar refractivity (Wildman–Crippen MR) is 132 cm³/mol. The highest BCUT2D eigenvalue weighted by Crippen LogP contribution is 2.28. The maximum absolute atomic E-state index is 13.4. The highest BCUT2D eigenvalue weighted by molar-refractivity contribution is 5.85. The normalized spacial score (nSPS) is 14.4. The molecule has 1 aromatic heterocycles. The molecular formula is C27H27N3O4. The van der Waals surface area contributed by atoms with E-state index in [4.69, 9.17) is 4.74 Å². The van der Waals surface area contributed by atoms with Gasteiger partial charge in [0.25, 0.3) is 5.56 Å². The number of piperidine rings is 1. The first-order valence-corrected chi connectivity index (χ1v) is 11.6. The summed E-state index contributed by atoms with van der Waals surface area (Å²) in [6.45, 7) is 3.81. The number of para-hydroxylation sites is 1. The van der Waals surface area contributed by atoms with Gasteiger partial charge >= 0.3 is 0 Å². The number of phenolic OH excluding ortho intramolecular Hbond substituents is 2. The molecule has 0 amide bonds. The summed E-state index contributed by atoms with van der Waals surface area (Å²) in [5.74, 6) is 1.20. The molecule has 174 valence electrons. The molecule has 3 aromatic carbocycles. The van der Waals surface area contributed by atoms with E-state index >= 15 is 0 Å². The van der Waals surface area contributed by atoms with Gasteiger partial charge in [-0.15, -0.1) is 0 Å². The Bertz CT molecular complexity index is 1340. The van der Waals surface area contributed by atoms with Crippen LogP contribution in [-0.2, 0) is 0 Å². The molecule has 1 aliphatic heterocycles. The maximum atomic E-state index is 13.4. The summed E-state index contributed by atoms with van der Waals surface area (Å²) in [5.41, 5.74) is 1.22. The van der Waals surface area contributed by atoms with E-state index in [1.807, 2.05) is 24.3 Å². The van der Waals surface area contributed by atoms with Crippen LogP contribution < -0.4 is 10.3 Å². The van der Waals surface area contributed by atoms with Crippen LogP contribution in [-0.4, -0.2) is 50.9 Å². The number of nitrogens with zero attached hydrogens (tertiary/aromatic N) is 3. The fourth-order valence-corrected chi connectivity index (χ4v) is 4.40. The van der Waals surface area contributed by atoms with Gasteiger partial charge in [0.2, 0.25) is 0 Å². The van der Waals surface area contributed by atoms with E-state index in [2.05, 4.69) is 9.88 Å². The first-order valence-electron chi connectivity index (χ1n) is 11.6. The summed E-state index contributed by atoms with van der Waals surface area (Å²) >= 11 is 0. The summed E-state index contributed by atoms with van der Waals surface area (Å²) in [5, 5.41) is 20.4. The van der Waals surface area contributed by atoms with Gasteiger partial charge in [-0.25, -0.2) is 4.98 Å². The van der Waals surface area contributed by atoms with Crippen molar-refractivity contribution >= 4 is 10.9 Å². The fourth-order valence-electron chi connectivity index (χ4n) is 4.40. The number of hydrogen-bond donors (Lipinski definition) is 2. The molecule has 1 aliphatic rings. The molecule has 0 bridgehead atoms. The smallest absolute Gasteiger partial charge is 0.266 e. The van der Waals surface area contributed by atoms with Crippen LogP contribution in [0.15, 0.2) is 71.5 Å². The zero-order valence-corrected chi connectivity index (χ0v) is 18.9. The highest BCUT2D eigenvalue weighted by atomic mass is 16.5. The van der Waals surface area contributed by atoms with Crippen molar-refractivity contribution in [2.75, 3.05) is 26.2 Å². The van der Waals surface area contributed by atoms with E-state index in [1.54, 1.807) is 24.3 Å². The Hall–Kier alpha value is -3.84. The number of fused-ring (bicyclic) bond motifs is 1. The molecule has 7 heteroatoms. The molecule has 2 N–H and O–H groups in total. The molecule has 0 atom stereocenters. The van der Waals surface area contributed by atoms with Crippen LogP contribution in [0.1, 0.15) is 19.3 Å². The van der Waals surface area contributed by atoms with Gasteiger partial charge in [0, 0.05) is 12.1 Å². The lowest BCUT2D eigenvalue weighted by molar-refractivity contribution is 0.183. The minimum Gasteiger partial charge on any atom is -0.508 e. The molecule has 2 heterocycles. The van der Waals surface area contributed by atoms with E-state index in [9.17, 15) is 15.0 Å². The number of aromatic hydroxyl groups is 2. The largest absolute Gasteiger partial charge is 0.508 e. The van der Waals surface area contributed by atoms with Gasteiger partial charge in [-0.3, -0.25) is 14.3 Å².